The molecule has 2 atom stereocenters. The molecule has 1 heterocycles. The molecule has 0 bridgehead atoms. The van der Waals surface area contributed by atoms with E-state index in [0.717, 1.165) is 32.1 Å². The van der Waals surface area contributed by atoms with Crippen LogP contribution in [0, 0.1) is 0 Å². The summed E-state index contributed by atoms with van der Waals surface area (Å²) in [5, 5.41) is 9.55. The molecule has 1 saturated heterocycles. The van der Waals surface area contributed by atoms with E-state index in [1.54, 1.807) is 0 Å². The number of ether oxygens (including phenoxy) is 1. The Hall–Kier alpha value is -0.770. The Balaban J connectivity index is 2.71. The Bertz CT molecular complexity index is 299. The predicted octanol–water partition coefficient (Wildman–Crippen LogP) is 3.72. The van der Waals surface area contributed by atoms with Crippen LogP contribution in [0.5, 0.6) is 0 Å². The smallest absolute Gasteiger partial charge is 0.410 e. The first kappa shape index (κ1) is 17.3. The van der Waals surface area contributed by atoms with Gasteiger partial charge in [-0.3, -0.25) is 4.90 Å². The van der Waals surface area contributed by atoms with Crippen LogP contribution in [0.15, 0.2) is 0 Å². The minimum Gasteiger partial charge on any atom is -0.444 e. The molecule has 0 saturated carbocycles. The van der Waals surface area contributed by atoms with Gasteiger partial charge in [-0.05, 0) is 46.5 Å². The molecule has 0 spiro atoms. The van der Waals surface area contributed by atoms with Crippen LogP contribution >= 0.6 is 0 Å². The van der Waals surface area contributed by atoms with Crippen molar-refractivity contribution in [2.75, 3.05) is 6.61 Å². The zero-order valence-electron chi connectivity index (χ0n) is 13.5. The van der Waals surface area contributed by atoms with Crippen LogP contribution in [0.1, 0.15) is 72.6 Å². The maximum absolute atomic E-state index is 12.4. The lowest BCUT2D eigenvalue weighted by Gasteiger charge is -2.42. The fourth-order valence-corrected chi connectivity index (χ4v) is 2.87. The summed E-state index contributed by atoms with van der Waals surface area (Å²) in [7, 11) is 0. The number of aliphatic hydroxyl groups excluding tert-OH is 1. The second kappa shape index (κ2) is 7.87. The molecule has 1 N–H and O–H groups in total. The number of amides is 1. The molecule has 1 amide bonds. The van der Waals surface area contributed by atoms with Gasteiger partial charge in [-0.2, -0.15) is 0 Å². The maximum Gasteiger partial charge on any atom is 0.410 e. The summed E-state index contributed by atoms with van der Waals surface area (Å²) in [6, 6.07) is 0.146. The quantitative estimate of drug-likeness (QED) is 0.783. The van der Waals surface area contributed by atoms with Crippen LogP contribution < -0.4 is 0 Å². The lowest BCUT2D eigenvalue weighted by molar-refractivity contribution is -0.0167. The molecule has 20 heavy (non-hydrogen) atoms. The van der Waals surface area contributed by atoms with E-state index in [1.807, 2.05) is 25.7 Å². The Kier molecular flexibility index (Phi) is 6.80. The second-order valence-corrected chi connectivity index (χ2v) is 6.80. The van der Waals surface area contributed by atoms with Crippen molar-refractivity contribution in [1.29, 1.82) is 0 Å². The Labute approximate surface area is 123 Å². The van der Waals surface area contributed by atoms with Crippen LogP contribution in [0.3, 0.4) is 0 Å². The molecular formula is C16H31NO3. The maximum atomic E-state index is 12.4. The van der Waals surface area contributed by atoms with Crippen molar-refractivity contribution in [3.63, 3.8) is 0 Å². The number of hydrogen-bond acceptors (Lipinski definition) is 3. The van der Waals surface area contributed by atoms with Gasteiger partial charge in [0.15, 0.2) is 0 Å². The lowest BCUT2D eigenvalue weighted by atomic mass is 9.92. The van der Waals surface area contributed by atoms with Crippen molar-refractivity contribution in [3.05, 3.63) is 0 Å². The second-order valence-electron chi connectivity index (χ2n) is 6.80. The highest BCUT2D eigenvalue weighted by molar-refractivity contribution is 5.69. The van der Waals surface area contributed by atoms with Crippen LogP contribution in [0.2, 0.25) is 0 Å². The third kappa shape index (κ3) is 5.31. The predicted molar refractivity (Wildman–Crippen MR) is 80.7 cm³/mol. The van der Waals surface area contributed by atoms with E-state index >= 15 is 0 Å². The molecule has 0 aromatic carbocycles. The summed E-state index contributed by atoms with van der Waals surface area (Å²) in [6.45, 7) is 7.87. The molecule has 0 aliphatic carbocycles. The number of aliphatic hydroxyl groups is 1. The number of hydrogen-bond donors (Lipinski definition) is 1. The first-order valence-electron chi connectivity index (χ1n) is 8.01. The van der Waals surface area contributed by atoms with Gasteiger partial charge in [0.1, 0.15) is 5.60 Å². The molecule has 0 aromatic rings. The first-order valence-corrected chi connectivity index (χ1v) is 8.01. The molecule has 2 unspecified atom stereocenters. The highest BCUT2D eigenvalue weighted by atomic mass is 16.6. The number of carbonyl (C=O) groups excluding carboxylic acids is 1. The Morgan fingerprint density at radius 2 is 1.90 bits per heavy atom. The van der Waals surface area contributed by atoms with Crippen molar-refractivity contribution < 1.29 is 14.6 Å². The SMILES string of the molecule is CCCCCC1CCCC(CO)N1C(=O)OC(C)(C)C. The number of rotatable bonds is 5. The molecule has 0 radical (unpaired) electrons. The number of nitrogens with zero attached hydrogens (tertiary/aromatic N) is 1. The van der Waals surface area contributed by atoms with E-state index in [9.17, 15) is 9.90 Å². The first-order chi connectivity index (χ1) is 9.39. The minimum atomic E-state index is -0.484. The third-order valence-electron chi connectivity index (χ3n) is 3.82. The van der Waals surface area contributed by atoms with Crippen LogP contribution in [0.25, 0.3) is 0 Å². The van der Waals surface area contributed by atoms with Crippen LogP contribution in [0.4, 0.5) is 4.79 Å². The van der Waals surface area contributed by atoms with E-state index < -0.39 is 5.60 Å². The van der Waals surface area contributed by atoms with Crippen molar-refractivity contribution in [2.24, 2.45) is 0 Å². The standard InChI is InChI=1S/C16H31NO3/c1-5-6-7-9-13-10-8-11-14(12-18)17(13)15(19)20-16(2,3)4/h13-14,18H,5-12H2,1-4H3. The number of carbonyl (C=O) groups is 1. The number of piperidine rings is 1. The fraction of sp³-hybridized carbons (Fsp3) is 0.938. The molecule has 1 aliphatic heterocycles. The number of unbranched alkanes of at least 4 members (excludes halogenated alkanes) is 2. The summed E-state index contributed by atoms with van der Waals surface area (Å²) in [4.78, 5) is 14.2. The Morgan fingerprint density at radius 3 is 2.45 bits per heavy atom. The largest absolute Gasteiger partial charge is 0.444 e. The molecule has 1 fully saturated rings. The summed E-state index contributed by atoms with van der Waals surface area (Å²) in [6.07, 6.45) is 7.26. The molecule has 1 rings (SSSR count). The fourth-order valence-electron chi connectivity index (χ4n) is 2.87. The normalized spacial score (nSPS) is 23.8. The highest BCUT2D eigenvalue weighted by Gasteiger charge is 2.36. The van der Waals surface area contributed by atoms with Gasteiger partial charge in [0.2, 0.25) is 0 Å². The van der Waals surface area contributed by atoms with Gasteiger partial charge in [-0.1, -0.05) is 26.2 Å². The van der Waals surface area contributed by atoms with Gasteiger partial charge in [-0.15, -0.1) is 0 Å². The Morgan fingerprint density at radius 1 is 1.25 bits per heavy atom. The third-order valence-corrected chi connectivity index (χ3v) is 3.82. The topological polar surface area (TPSA) is 49.8 Å². The van der Waals surface area contributed by atoms with Gasteiger partial charge in [0, 0.05) is 6.04 Å². The zero-order valence-corrected chi connectivity index (χ0v) is 13.5. The summed E-state index contributed by atoms with van der Waals surface area (Å²) in [5.41, 5.74) is -0.484. The van der Waals surface area contributed by atoms with Crippen LogP contribution in [-0.2, 0) is 4.74 Å². The van der Waals surface area contributed by atoms with Gasteiger partial charge < -0.3 is 9.84 Å². The van der Waals surface area contributed by atoms with E-state index in [-0.39, 0.29) is 24.8 Å². The zero-order chi connectivity index (χ0) is 15.2. The summed E-state index contributed by atoms with van der Waals surface area (Å²) >= 11 is 0. The lowest BCUT2D eigenvalue weighted by Crippen LogP contribution is -2.53. The van der Waals surface area contributed by atoms with E-state index in [4.69, 9.17) is 4.74 Å². The van der Waals surface area contributed by atoms with Gasteiger partial charge in [0.05, 0.1) is 12.6 Å². The van der Waals surface area contributed by atoms with Gasteiger partial charge in [-0.25, -0.2) is 4.79 Å². The van der Waals surface area contributed by atoms with E-state index in [0.29, 0.717) is 0 Å². The average Bonchev–Trinajstić information content (AvgIpc) is 2.36. The average molecular weight is 285 g/mol. The molecule has 1 aliphatic rings. The van der Waals surface area contributed by atoms with Crippen molar-refractivity contribution >= 4 is 6.09 Å². The minimum absolute atomic E-state index is 0.0313. The molecular weight excluding hydrogens is 254 g/mol. The van der Waals surface area contributed by atoms with Crippen molar-refractivity contribution in [2.45, 2.75) is 90.3 Å². The monoisotopic (exact) mass is 285 g/mol. The molecule has 4 nitrogen and oxygen atoms in total. The van der Waals surface area contributed by atoms with Crippen molar-refractivity contribution in [3.8, 4) is 0 Å². The number of likely N-dealkylation sites (tertiary alicyclic amines) is 1. The van der Waals surface area contributed by atoms with E-state index in [2.05, 4.69) is 6.92 Å². The molecule has 0 aromatic heterocycles. The highest BCUT2D eigenvalue weighted by Crippen LogP contribution is 2.28. The summed E-state index contributed by atoms with van der Waals surface area (Å²) < 4.78 is 5.52. The van der Waals surface area contributed by atoms with Crippen LogP contribution in [-0.4, -0.2) is 40.4 Å². The summed E-state index contributed by atoms with van der Waals surface area (Å²) in [5.74, 6) is 0. The molecule has 4 heteroatoms. The van der Waals surface area contributed by atoms with E-state index in [1.165, 1.54) is 12.8 Å². The van der Waals surface area contributed by atoms with Crippen molar-refractivity contribution in [1.82, 2.24) is 4.90 Å². The van der Waals surface area contributed by atoms with Gasteiger partial charge in [0.25, 0.3) is 0 Å². The molecule has 118 valence electrons. The van der Waals surface area contributed by atoms with Gasteiger partial charge >= 0.3 is 6.09 Å².